The molecule has 1 fully saturated rings. The Bertz CT molecular complexity index is 785. The summed E-state index contributed by atoms with van der Waals surface area (Å²) in [5, 5.41) is 12.8. The van der Waals surface area contributed by atoms with Crippen molar-refractivity contribution in [3.8, 4) is 17.6 Å². The molecule has 0 aromatic heterocycles. The monoisotopic (exact) mass is 468 g/mol. The first-order valence-corrected chi connectivity index (χ1v) is 13.4. The number of unbranched alkanes of at least 4 members (excludes halogenated alkanes) is 3. The highest BCUT2D eigenvalue weighted by molar-refractivity contribution is 6.01. The van der Waals surface area contributed by atoms with Crippen LogP contribution in [0, 0.1) is 11.3 Å². The maximum absolute atomic E-state index is 12.9. The molecule has 1 aliphatic rings. The molecule has 0 heterocycles. The Morgan fingerprint density at radius 3 is 2.24 bits per heavy atom. The summed E-state index contributed by atoms with van der Waals surface area (Å²) in [5.74, 6) is 1.02. The van der Waals surface area contributed by atoms with Gasteiger partial charge in [0.15, 0.2) is 11.5 Å². The number of amides is 1. The first-order valence-electron chi connectivity index (χ1n) is 13.4. The van der Waals surface area contributed by atoms with Crippen molar-refractivity contribution >= 4 is 12.0 Å². The van der Waals surface area contributed by atoms with Crippen LogP contribution in [0.3, 0.4) is 0 Å². The number of hydrogen-bond donors (Lipinski definition) is 1. The third-order valence-electron chi connectivity index (χ3n) is 6.56. The SMILES string of the molecule is CCCCCCOc1ccc(/C=C(\C#N)C(=O)NC2CCCCCCCCCCC2)cc1OC. The van der Waals surface area contributed by atoms with Crippen molar-refractivity contribution in [2.45, 2.75) is 109 Å². The van der Waals surface area contributed by atoms with Crippen LogP contribution in [0.5, 0.6) is 11.5 Å². The summed E-state index contributed by atoms with van der Waals surface area (Å²) in [6, 6.07) is 7.77. The van der Waals surface area contributed by atoms with E-state index in [0.717, 1.165) is 44.1 Å². The second kappa shape index (κ2) is 17.0. The molecule has 1 aliphatic carbocycles. The highest BCUT2D eigenvalue weighted by atomic mass is 16.5. The molecule has 0 aliphatic heterocycles. The second-order valence-electron chi connectivity index (χ2n) is 9.42. The van der Waals surface area contributed by atoms with Gasteiger partial charge >= 0.3 is 0 Å². The molecule has 34 heavy (non-hydrogen) atoms. The fraction of sp³-hybridized carbons (Fsp3) is 0.655. The Balaban J connectivity index is 1.99. The lowest BCUT2D eigenvalue weighted by atomic mass is 9.97. The van der Waals surface area contributed by atoms with Crippen LogP contribution in [-0.2, 0) is 4.79 Å². The number of carbonyl (C=O) groups is 1. The van der Waals surface area contributed by atoms with Crippen molar-refractivity contribution in [2.24, 2.45) is 0 Å². The van der Waals surface area contributed by atoms with Crippen molar-refractivity contribution in [3.63, 3.8) is 0 Å². The number of carbonyl (C=O) groups excluding carboxylic acids is 1. The van der Waals surface area contributed by atoms with E-state index in [0.29, 0.717) is 18.1 Å². The third-order valence-corrected chi connectivity index (χ3v) is 6.56. The number of ether oxygens (including phenoxy) is 2. The molecule has 0 bridgehead atoms. The molecule has 2 rings (SSSR count). The lowest BCUT2D eigenvalue weighted by molar-refractivity contribution is -0.117. The minimum Gasteiger partial charge on any atom is -0.493 e. The van der Waals surface area contributed by atoms with Crippen LogP contribution in [0.25, 0.3) is 6.08 Å². The molecule has 1 aromatic carbocycles. The van der Waals surface area contributed by atoms with Gasteiger partial charge in [-0.3, -0.25) is 4.79 Å². The summed E-state index contributed by atoms with van der Waals surface area (Å²) >= 11 is 0. The van der Waals surface area contributed by atoms with E-state index in [1.54, 1.807) is 13.2 Å². The van der Waals surface area contributed by atoms with E-state index in [1.165, 1.54) is 57.8 Å². The number of rotatable bonds is 10. The summed E-state index contributed by atoms with van der Waals surface area (Å²) in [5.41, 5.74) is 0.877. The number of nitrogens with one attached hydrogen (secondary N) is 1. The summed E-state index contributed by atoms with van der Waals surface area (Å²) < 4.78 is 11.4. The lowest BCUT2D eigenvalue weighted by Crippen LogP contribution is -2.35. The lowest BCUT2D eigenvalue weighted by Gasteiger charge is -2.19. The number of methoxy groups -OCH3 is 1. The van der Waals surface area contributed by atoms with Crippen molar-refractivity contribution in [1.29, 1.82) is 5.26 Å². The molecule has 0 unspecified atom stereocenters. The normalized spacial score (nSPS) is 16.6. The van der Waals surface area contributed by atoms with Gasteiger partial charge in [0.2, 0.25) is 0 Å². The molecule has 5 heteroatoms. The van der Waals surface area contributed by atoms with Gasteiger partial charge < -0.3 is 14.8 Å². The highest BCUT2D eigenvalue weighted by Crippen LogP contribution is 2.29. The van der Waals surface area contributed by atoms with E-state index in [-0.39, 0.29) is 17.5 Å². The van der Waals surface area contributed by atoms with Crippen LogP contribution in [0.4, 0.5) is 0 Å². The number of nitriles is 1. The standard InChI is InChI=1S/C29H44N2O3/c1-3-4-5-15-20-34-27-19-18-24(22-28(27)33-2)21-25(23-30)29(32)31-26-16-13-11-9-7-6-8-10-12-14-17-26/h18-19,21-22,26H,3-17,20H2,1-2H3,(H,31,32)/b25-21+. The fourth-order valence-electron chi connectivity index (χ4n) is 4.49. The molecule has 5 nitrogen and oxygen atoms in total. The summed E-state index contributed by atoms with van der Waals surface area (Å²) in [7, 11) is 1.61. The van der Waals surface area contributed by atoms with Crippen LogP contribution in [-0.4, -0.2) is 25.7 Å². The van der Waals surface area contributed by atoms with E-state index < -0.39 is 0 Å². The van der Waals surface area contributed by atoms with Gasteiger partial charge in [0, 0.05) is 6.04 Å². The van der Waals surface area contributed by atoms with Crippen molar-refractivity contribution < 1.29 is 14.3 Å². The molecule has 0 radical (unpaired) electrons. The predicted molar refractivity (Wildman–Crippen MR) is 139 cm³/mol. The van der Waals surface area contributed by atoms with Gasteiger partial charge in [-0.15, -0.1) is 0 Å². The molecular formula is C29H44N2O3. The Labute approximate surface area is 206 Å². The van der Waals surface area contributed by atoms with E-state index in [9.17, 15) is 10.1 Å². The van der Waals surface area contributed by atoms with Gasteiger partial charge in [-0.25, -0.2) is 0 Å². The van der Waals surface area contributed by atoms with Crippen molar-refractivity contribution in [3.05, 3.63) is 29.3 Å². The number of nitrogens with zero attached hydrogens (tertiary/aromatic N) is 1. The Morgan fingerprint density at radius 2 is 1.65 bits per heavy atom. The molecule has 0 atom stereocenters. The zero-order valence-electron chi connectivity index (χ0n) is 21.4. The Hall–Kier alpha value is -2.48. The molecular weight excluding hydrogens is 424 g/mol. The average Bonchev–Trinajstić information content (AvgIpc) is 2.84. The summed E-state index contributed by atoms with van der Waals surface area (Å²) in [4.78, 5) is 12.9. The zero-order valence-corrected chi connectivity index (χ0v) is 21.4. The molecule has 1 saturated carbocycles. The quantitative estimate of drug-likeness (QED) is 0.221. The number of benzene rings is 1. The van der Waals surface area contributed by atoms with Crippen LogP contribution < -0.4 is 14.8 Å². The smallest absolute Gasteiger partial charge is 0.262 e. The largest absolute Gasteiger partial charge is 0.493 e. The minimum absolute atomic E-state index is 0.126. The van der Waals surface area contributed by atoms with E-state index in [4.69, 9.17) is 9.47 Å². The van der Waals surface area contributed by atoms with Crippen molar-refractivity contribution in [2.75, 3.05) is 13.7 Å². The maximum atomic E-state index is 12.9. The minimum atomic E-state index is -0.283. The van der Waals surface area contributed by atoms with Gasteiger partial charge in [0.1, 0.15) is 11.6 Å². The van der Waals surface area contributed by atoms with Crippen molar-refractivity contribution in [1.82, 2.24) is 5.32 Å². The van der Waals surface area contributed by atoms with E-state index in [2.05, 4.69) is 18.3 Å². The van der Waals surface area contributed by atoms with Crippen LogP contribution in [0.2, 0.25) is 0 Å². The first-order chi connectivity index (χ1) is 16.7. The van der Waals surface area contributed by atoms with E-state index in [1.807, 2.05) is 18.2 Å². The molecule has 0 saturated heterocycles. The fourth-order valence-corrected chi connectivity index (χ4v) is 4.49. The van der Waals surface area contributed by atoms with Crippen LogP contribution in [0.15, 0.2) is 23.8 Å². The first kappa shape index (κ1) is 27.8. The Kier molecular flexibility index (Phi) is 13.9. The molecule has 1 amide bonds. The molecule has 1 aromatic rings. The average molecular weight is 469 g/mol. The molecule has 0 spiro atoms. The highest BCUT2D eigenvalue weighted by Gasteiger charge is 2.16. The van der Waals surface area contributed by atoms with Gasteiger partial charge in [-0.2, -0.15) is 5.26 Å². The van der Waals surface area contributed by atoms with Gasteiger partial charge in [0.25, 0.3) is 5.91 Å². The zero-order chi connectivity index (χ0) is 24.4. The predicted octanol–water partition coefficient (Wildman–Crippen LogP) is 7.35. The van der Waals surface area contributed by atoms with Gasteiger partial charge in [-0.05, 0) is 43.0 Å². The molecule has 188 valence electrons. The summed E-state index contributed by atoms with van der Waals surface area (Å²) in [6.07, 6.45) is 19.5. The maximum Gasteiger partial charge on any atom is 0.262 e. The van der Waals surface area contributed by atoms with Gasteiger partial charge in [-0.1, -0.05) is 90.0 Å². The Morgan fingerprint density at radius 1 is 1.00 bits per heavy atom. The van der Waals surface area contributed by atoms with Gasteiger partial charge in [0.05, 0.1) is 13.7 Å². The summed E-state index contributed by atoms with van der Waals surface area (Å²) in [6.45, 7) is 2.84. The second-order valence-corrected chi connectivity index (χ2v) is 9.42. The van der Waals surface area contributed by atoms with Crippen LogP contribution in [0.1, 0.15) is 109 Å². The third kappa shape index (κ3) is 10.6. The van der Waals surface area contributed by atoms with E-state index >= 15 is 0 Å². The molecule has 1 N–H and O–H groups in total. The van der Waals surface area contributed by atoms with Crippen LogP contribution >= 0.6 is 0 Å². The number of hydrogen-bond acceptors (Lipinski definition) is 4. The topological polar surface area (TPSA) is 71.3 Å².